The van der Waals surface area contributed by atoms with Crippen molar-refractivity contribution in [2.24, 2.45) is 5.92 Å². The first-order valence-corrected chi connectivity index (χ1v) is 8.52. The fraction of sp³-hybridized carbons (Fsp3) is 0.529. The van der Waals surface area contributed by atoms with E-state index in [1.807, 2.05) is 16.7 Å². The van der Waals surface area contributed by atoms with Gasteiger partial charge in [-0.1, -0.05) is 11.6 Å². The minimum Gasteiger partial charge on any atom is -0.335 e. The highest BCUT2D eigenvalue weighted by atomic mass is 35.5. The van der Waals surface area contributed by atoms with Gasteiger partial charge in [0.05, 0.1) is 10.9 Å². The zero-order valence-electron chi connectivity index (χ0n) is 12.4. The van der Waals surface area contributed by atoms with Crippen molar-refractivity contribution in [1.82, 2.24) is 9.55 Å². The number of hydrogen-bond acceptors (Lipinski definition) is 3. The average Bonchev–Trinajstić information content (AvgIpc) is 3.22. The van der Waals surface area contributed by atoms with Gasteiger partial charge in [0.15, 0.2) is 0 Å². The summed E-state index contributed by atoms with van der Waals surface area (Å²) in [6, 6.07) is 5.41. The van der Waals surface area contributed by atoms with Crippen LogP contribution in [0, 0.1) is 5.92 Å². The maximum Gasteiger partial charge on any atom is 0.262 e. The predicted octanol–water partition coefficient (Wildman–Crippen LogP) is 3.20. The normalized spacial score (nSPS) is 29.5. The predicted molar refractivity (Wildman–Crippen MR) is 87.7 cm³/mol. The third-order valence-electron chi connectivity index (χ3n) is 5.96. The van der Waals surface area contributed by atoms with E-state index in [1.165, 1.54) is 32.1 Å². The monoisotopic (exact) mass is 315 g/mol. The van der Waals surface area contributed by atoms with Crippen molar-refractivity contribution >= 4 is 28.5 Å². The highest BCUT2D eigenvalue weighted by Gasteiger charge is 2.50. The van der Waals surface area contributed by atoms with Crippen LogP contribution in [0.5, 0.6) is 0 Å². The van der Waals surface area contributed by atoms with E-state index in [9.17, 15) is 4.79 Å². The van der Waals surface area contributed by atoms with Crippen molar-refractivity contribution in [2.45, 2.75) is 44.2 Å². The van der Waals surface area contributed by atoms with Crippen molar-refractivity contribution in [3.63, 3.8) is 0 Å². The Morgan fingerprint density at radius 3 is 2.77 bits per heavy atom. The molecular weight excluding hydrogens is 298 g/mol. The Balaban J connectivity index is 1.70. The average molecular weight is 316 g/mol. The number of benzene rings is 1. The molecule has 1 aromatic carbocycles. The van der Waals surface area contributed by atoms with Gasteiger partial charge in [0.1, 0.15) is 0 Å². The molecule has 0 radical (unpaired) electrons. The Morgan fingerprint density at radius 1 is 1.23 bits per heavy atom. The van der Waals surface area contributed by atoms with Gasteiger partial charge in [0.25, 0.3) is 5.56 Å². The standard InChI is InChI=1S/C17H18ClN3O/c18-12-1-2-14-13(9-12)15(22)20-7-8-21(16(20)19-14)17-5-3-11(10-17)4-6-17/h1-2,9,11H,3-8,10H2. The minimum absolute atomic E-state index is 0.0499. The second kappa shape index (κ2) is 4.25. The molecule has 2 saturated carbocycles. The first-order chi connectivity index (χ1) is 10.7. The lowest BCUT2D eigenvalue weighted by Gasteiger charge is -2.37. The smallest absolute Gasteiger partial charge is 0.262 e. The summed E-state index contributed by atoms with van der Waals surface area (Å²) in [6.45, 7) is 1.66. The van der Waals surface area contributed by atoms with Crippen molar-refractivity contribution in [2.75, 3.05) is 11.4 Å². The maximum absolute atomic E-state index is 12.8. The molecular formula is C17H18ClN3O. The number of halogens is 1. The molecule has 1 aliphatic heterocycles. The lowest BCUT2D eigenvalue weighted by Crippen LogP contribution is -2.45. The molecule has 2 aliphatic carbocycles. The molecule has 2 bridgehead atoms. The Kier molecular flexibility index (Phi) is 2.50. The maximum atomic E-state index is 12.8. The van der Waals surface area contributed by atoms with Crippen LogP contribution in [0.2, 0.25) is 5.02 Å². The van der Waals surface area contributed by atoms with E-state index in [4.69, 9.17) is 16.6 Å². The first kappa shape index (κ1) is 12.9. The third-order valence-corrected chi connectivity index (χ3v) is 6.20. The molecule has 2 fully saturated rings. The number of nitrogens with zero attached hydrogens (tertiary/aromatic N) is 3. The molecule has 5 heteroatoms. The van der Waals surface area contributed by atoms with Gasteiger partial charge in [-0.15, -0.1) is 0 Å². The van der Waals surface area contributed by atoms with E-state index in [0.29, 0.717) is 10.4 Å². The molecule has 22 heavy (non-hydrogen) atoms. The van der Waals surface area contributed by atoms with Crippen LogP contribution in [0.25, 0.3) is 10.9 Å². The molecule has 0 unspecified atom stereocenters. The van der Waals surface area contributed by atoms with Crippen LogP contribution in [0.1, 0.15) is 32.1 Å². The molecule has 0 N–H and O–H groups in total. The van der Waals surface area contributed by atoms with Crippen molar-refractivity contribution in [1.29, 1.82) is 0 Å². The molecule has 0 atom stereocenters. The molecule has 2 aromatic rings. The summed E-state index contributed by atoms with van der Waals surface area (Å²) in [5.74, 6) is 1.77. The lowest BCUT2D eigenvalue weighted by molar-refractivity contribution is 0.388. The van der Waals surface area contributed by atoms with E-state index in [2.05, 4.69) is 4.90 Å². The molecule has 3 aliphatic rings. The summed E-state index contributed by atoms with van der Waals surface area (Å²) in [7, 11) is 0. The molecule has 1 aromatic heterocycles. The summed E-state index contributed by atoms with van der Waals surface area (Å²) < 4.78 is 1.85. The van der Waals surface area contributed by atoms with Crippen LogP contribution in [0.4, 0.5) is 5.95 Å². The van der Waals surface area contributed by atoms with Crippen LogP contribution in [0.15, 0.2) is 23.0 Å². The van der Waals surface area contributed by atoms with Crippen LogP contribution in [0.3, 0.4) is 0 Å². The lowest BCUT2D eigenvalue weighted by atomic mass is 9.92. The third kappa shape index (κ3) is 1.59. The second-order valence-electron chi connectivity index (χ2n) is 7.05. The molecule has 2 heterocycles. The van der Waals surface area contributed by atoms with Crippen molar-refractivity contribution < 1.29 is 0 Å². The Morgan fingerprint density at radius 2 is 2.05 bits per heavy atom. The van der Waals surface area contributed by atoms with Gasteiger partial charge < -0.3 is 4.90 Å². The Hall–Kier alpha value is -1.55. The van der Waals surface area contributed by atoms with Crippen LogP contribution >= 0.6 is 11.6 Å². The van der Waals surface area contributed by atoms with Crippen LogP contribution in [-0.2, 0) is 6.54 Å². The quantitative estimate of drug-likeness (QED) is 0.811. The summed E-state index contributed by atoms with van der Waals surface area (Å²) in [4.78, 5) is 20.0. The topological polar surface area (TPSA) is 38.1 Å². The van der Waals surface area contributed by atoms with E-state index in [-0.39, 0.29) is 11.1 Å². The Labute approximate surface area is 133 Å². The highest BCUT2D eigenvalue weighted by molar-refractivity contribution is 6.31. The minimum atomic E-state index is 0.0499. The van der Waals surface area contributed by atoms with E-state index >= 15 is 0 Å². The highest BCUT2D eigenvalue weighted by Crippen LogP contribution is 2.52. The molecule has 4 nitrogen and oxygen atoms in total. The Bertz CT molecular complexity index is 836. The van der Waals surface area contributed by atoms with Crippen LogP contribution < -0.4 is 10.5 Å². The van der Waals surface area contributed by atoms with Gasteiger partial charge in [-0.2, -0.15) is 0 Å². The summed E-state index contributed by atoms with van der Waals surface area (Å²) in [6.07, 6.45) is 6.47. The molecule has 0 saturated heterocycles. The number of fused-ring (bicyclic) bond motifs is 4. The zero-order valence-corrected chi connectivity index (χ0v) is 13.1. The molecule has 5 rings (SSSR count). The summed E-state index contributed by atoms with van der Waals surface area (Å²) in [5.41, 5.74) is 1.08. The van der Waals surface area contributed by atoms with Crippen molar-refractivity contribution in [3.05, 3.63) is 33.6 Å². The zero-order chi connectivity index (χ0) is 14.9. The SMILES string of the molecule is O=c1c2cc(Cl)ccc2nc2n1CCN2C12CCC(CC1)C2. The number of rotatable bonds is 1. The van der Waals surface area contributed by atoms with Crippen molar-refractivity contribution in [3.8, 4) is 0 Å². The second-order valence-corrected chi connectivity index (χ2v) is 7.49. The van der Waals surface area contributed by atoms with Crippen LogP contribution in [-0.4, -0.2) is 21.6 Å². The molecule has 0 amide bonds. The fourth-order valence-electron chi connectivity index (χ4n) is 4.88. The van der Waals surface area contributed by atoms with Gasteiger partial charge in [-0.25, -0.2) is 4.98 Å². The van der Waals surface area contributed by atoms with E-state index < -0.39 is 0 Å². The molecule has 114 valence electrons. The van der Waals surface area contributed by atoms with Gasteiger partial charge in [-0.3, -0.25) is 9.36 Å². The summed E-state index contributed by atoms with van der Waals surface area (Å²) >= 11 is 6.04. The fourth-order valence-corrected chi connectivity index (χ4v) is 5.05. The molecule has 0 spiro atoms. The summed E-state index contributed by atoms with van der Waals surface area (Å²) in [5, 5.41) is 1.22. The van der Waals surface area contributed by atoms with E-state index in [0.717, 1.165) is 30.5 Å². The van der Waals surface area contributed by atoms with Gasteiger partial charge in [-0.05, 0) is 56.2 Å². The number of anilines is 1. The number of aromatic nitrogens is 2. The first-order valence-electron chi connectivity index (χ1n) is 8.14. The van der Waals surface area contributed by atoms with Gasteiger partial charge in [0.2, 0.25) is 5.95 Å². The van der Waals surface area contributed by atoms with Gasteiger partial charge >= 0.3 is 0 Å². The largest absolute Gasteiger partial charge is 0.335 e. The number of hydrogen-bond donors (Lipinski definition) is 0. The van der Waals surface area contributed by atoms with E-state index in [1.54, 1.807) is 6.07 Å². The van der Waals surface area contributed by atoms with Gasteiger partial charge in [0, 0.05) is 23.7 Å².